The van der Waals surface area contributed by atoms with Crippen LogP contribution in [-0.4, -0.2) is 59.8 Å². The topological polar surface area (TPSA) is 99.2 Å². The van der Waals surface area contributed by atoms with Gasteiger partial charge in [0.2, 0.25) is 11.8 Å². The summed E-state index contributed by atoms with van der Waals surface area (Å²) in [5.74, 6) is -0.435. The van der Waals surface area contributed by atoms with E-state index in [4.69, 9.17) is 10.9 Å². The van der Waals surface area contributed by atoms with Crippen LogP contribution in [0.25, 0.3) is 0 Å². The van der Waals surface area contributed by atoms with E-state index in [0.717, 1.165) is 6.42 Å². The van der Waals surface area contributed by atoms with E-state index in [0.29, 0.717) is 19.4 Å². The molecule has 0 aromatic rings. The molecule has 1 saturated carbocycles. The Morgan fingerprint density at radius 1 is 1.37 bits per heavy atom. The molecule has 0 atom stereocenters. The Morgan fingerprint density at radius 2 is 1.95 bits per heavy atom. The lowest BCUT2D eigenvalue weighted by molar-refractivity contribution is -0.146. The molecule has 0 aromatic heterocycles. The number of oxime groups is 1. The highest BCUT2D eigenvalue weighted by atomic mass is 16.4. The van der Waals surface area contributed by atoms with Crippen molar-refractivity contribution in [1.82, 2.24) is 9.80 Å². The molecule has 1 aliphatic carbocycles. The Balaban J connectivity index is 2.86. The highest BCUT2D eigenvalue weighted by Gasteiger charge is 2.50. The number of amides is 2. The number of rotatable bonds is 5. The number of amidine groups is 1. The van der Waals surface area contributed by atoms with Crippen LogP contribution >= 0.6 is 0 Å². The van der Waals surface area contributed by atoms with Crippen LogP contribution in [0, 0.1) is 5.41 Å². The number of nitrogens with two attached hydrogens (primary N) is 1. The lowest BCUT2D eigenvalue weighted by Crippen LogP contribution is -2.56. The zero-order chi connectivity index (χ0) is 14.6. The number of nitrogens with zero attached hydrogens (tertiary/aromatic N) is 3. The van der Waals surface area contributed by atoms with E-state index in [-0.39, 0.29) is 24.2 Å². The molecule has 0 spiro atoms. The average Bonchev–Trinajstić information content (AvgIpc) is 2.33. The van der Waals surface area contributed by atoms with Gasteiger partial charge in [-0.25, -0.2) is 0 Å². The first kappa shape index (κ1) is 15.3. The van der Waals surface area contributed by atoms with Crippen molar-refractivity contribution in [1.29, 1.82) is 0 Å². The first-order valence-corrected chi connectivity index (χ1v) is 6.36. The maximum atomic E-state index is 12.5. The van der Waals surface area contributed by atoms with Crippen molar-refractivity contribution in [3.63, 3.8) is 0 Å². The molecule has 7 nitrogen and oxygen atoms in total. The van der Waals surface area contributed by atoms with Crippen LogP contribution in [0.3, 0.4) is 0 Å². The maximum absolute atomic E-state index is 12.5. The van der Waals surface area contributed by atoms with E-state index in [9.17, 15) is 9.59 Å². The fraction of sp³-hybridized carbons (Fsp3) is 0.750. The van der Waals surface area contributed by atoms with Gasteiger partial charge in [-0.05, 0) is 19.8 Å². The zero-order valence-electron chi connectivity index (χ0n) is 11.7. The molecule has 0 aromatic carbocycles. The maximum Gasteiger partial charge on any atom is 0.241 e. The van der Waals surface area contributed by atoms with Crippen molar-refractivity contribution >= 4 is 17.6 Å². The van der Waals surface area contributed by atoms with Gasteiger partial charge in [0.25, 0.3) is 0 Å². The molecular weight excluding hydrogens is 248 g/mol. The van der Waals surface area contributed by atoms with E-state index >= 15 is 0 Å². The fourth-order valence-corrected chi connectivity index (χ4v) is 2.14. The van der Waals surface area contributed by atoms with E-state index in [1.165, 1.54) is 9.80 Å². The van der Waals surface area contributed by atoms with E-state index in [2.05, 4.69) is 5.16 Å². The summed E-state index contributed by atoms with van der Waals surface area (Å²) in [4.78, 5) is 27.1. The number of hydrogen-bond acceptors (Lipinski definition) is 4. The Labute approximate surface area is 113 Å². The first-order valence-electron chi connectivity index (χ1n) is 6.36. The third-order valence-corrected chi connectivity index (χ3v) is 3.71. The van der Waals surface area contributed by atoms with Crippen LogP contribution in [-0.2, 0) is 9.59 Å². The Bertz CT molecular complexity index is 388. The summed E-state index contributed by atoms with van der Waals surface area (Å²) < 4.78 is 0. The molecule has 1 rings (SSSR count). The van der Waals surface area contributed by atoms with Gasteiger partial charge in [-0.2, -0.15) is 0 Å². The summed E-state index contributed by atoms with van der Waals surface area (Å²) in [7, 11) is 3.28. The van der Waals surface area contributed by atoms with Crippen LogP contribution < -0.4 is 5.73 Å². The molecule has 0 heterocycles. The van der Waals surface area contributed by atoms with Gasteiger partial charge in [0.1, 0.15) is 5.41 Å². The van der Waals surface area contributed by atoms with Crippen molar-refractivity contribution in [3.05, 3.63) is 0 Å². The zero-order valence-corrected chi connectivity index (χ0v) is 11.7. The van der Waals surface area contributed by atoms with Gasteiger partial charge < -0.3 is 20.7 Å². The molecule has 3 N–H and O–H groups in total. The molecule has 1 aliphatic rings. The van der Waals surface area contributed by atoms with Crippen LogP contribution in [0.1, 0.15) is 26.2 Å². The minimum absolute atomic E-state index is 0.0167. The summed E-state index contributed by atoms with van der Waals surface area (Å²) in [5, 5.41) is 11.8. The van der Waals surface area contributed by atoms with Crippen LogP contribution in [0.15, 0.2) is 5.16 Å². The lowest BCUT2D eigenvalue weighted by atomic mass is 9.67. The van der Waals surface area contributed by atoms with Crippen LogP contribution in [0.4, 0.5) is 0 Å². The quantitative estimate of drug-likeness (QED) is 0.314. The monoisotopic (exact) mass is 270 g/mol. The summed E-state index contributed by atoms with van der Waals surface area (Å²) in [5.41, 5.74) is 4.74. The Kier molecular flexibility index (Phi) is 4.74. The molecule has 0 unspecified atom stereocenters. The van der Waals surface area contributed by atoms with Crippen molar-refractivity contribution < 1.29 is 14.8 Å². The average molecular weight is 270 g/mol. The van der Waals surface area contributed by atoms with E-state index in [1.807, 2.05) is 0 Å². The lowest BCUT2D eigenvalue weighted by Gasteiger charge is -2.42. The van der Waals surface area contributed by atoms with Crippen molar-refractivity contribution in [3.8, 4) is 0 Å². The standard InChI is InChI=1S/C12H22N4O3/c1-4-16(8-9(17)15(2)3)11(18)12(6-5-7-12)10(13)14-19/h19H,4-8H2,1-3H3,(H2,13,14). The minimum Gasteiger partial charge on any atom is -0.409 e. The Hall–Kier alpha value is -1.79. The molecular formula is C12H22N4O3. The minimum atomic E-state index is -0.919. The predicted octanol–water partition coefficient (Wildman–Crippen LogP) is -0.160. The van der Waals surface area contributed by atoms with Gasteiger partial charge in [0.05, 0.1) is 6.54 Å². The van der Waals surface area contributed by atoms with Gasteiger partial charge in [-0.15, -0.1) is 0 Å². The molecule has 108 valence electrons. The second-order valence-electron chi connectivity index (χ2n) is 5.03. The highest BCUT2D eigenvalue weighted by Crippen LogP contribution is 2.42. The SMILES string of the molecule is CCN(CC(=O)N(C)C)C(=O)C1(C(N)=NO)CCC1. The second kappa shape index (κ2) is 5.90. The fourth-order valence-electron chi connectivity index (χ4n) is 2.14. The summed E-state index contributed by atoms with van der Waals surface area (Å²) in [6.45, 7) is 2.24. The number of carbonyl (C=O) groups is 2. The van der Waals surface area contributed by atoms with Crippen molar-refractivity contribution in [2.45, 2.75) is 26.2 Å². The van der Waals surface area contributed by atoms with E-state index < -0.39 is 5.41 Å². The third kappa shape index (κ3) is 2.80. The molecule has 0 bridgehead atoms. The van der Waals surface area contributed by atoms with Gasteiger partial charge in [-0.1, -0.05) is 11.6 Å². The highest BCUT2D eigenvalue weighted by molar-refractivity contribution is 6.08. The smallest absolute Gasteiger partial charge is 0.241 e. The van der Waals surface area contributed by atoms with Crippen molar-refractivity contribution in [2.75, 3.05) is 27.2 Å². The molecule has 19 heavy (non-hydrogen) atoms. The molecule has 2 amide bonds. The molecule has 1 fully saturated rings. The number of carbonyl (C=O) groups excluding carboxylic acids is 2. The first-order chi connectivity index (χ1) is 8.89. The molecule has 0 radical (unpaired) electrons. The van der Waals surface area contributed by atoms with Gasteiger partial charge in [-0.3, -0.25) is 9.59 Å². The second-order valence-corrected chi connectivity index (χ2v) is 5.03. The normalized spacial score (nSPS) is 17.5. The largest absolute Gasteiger partial charge is 0.409 e. The van der Waals surface area contributed by atoms with Crippen molar-refractivity contribution in [2.24, 2.45) is 16.3 Å². The molecule has 7 heteroatoms. The molecule has 0 aliphatic heterocycles. The summed E-state index contributed by atoms with van der Waals surface area (Å²) in [6, 6.07) is 0. The van der Waals surface area contributed by atoms with Crippen LogP contribution in [0.2, 0.25) is 0 Å². The van der Waals surface area contributed by atoms with Gasteiger partial charge in [0.15, 0.2) is 5.84 Å². The summed E-state index contributed by atoms with van der Waals surface area (Å²) in [6.07, 6.45) is 1.99. The Morgan fingerprint density at radius 3 is 2.26 bits per heavy atom. The van der Waals surface area contributed by atoms with Gasteiger partial charge in [0, 0.05) is 20.6 Å². The van der Waals surface area contributed by atoms with E-state index in [1.54, 1.807) is 21.0 Å². The van der Waals surface area contributed by atoms with Gasteiger partial charge >= 0.3 is 0 Å². The summed E-state index contributed by atoms with van der Waals surface area (Å²) >= 11 is 0. The van der Waals surface area contributed by atoms with Crippen LogP contribution in [0.5, 0.6) is 0 Å². The molecule has 0 saturated heterocycles. The number of likely N-dealkylation sites (N-methyl/N-ethyl adjacent to an activating group) is 2. The number of hydrogen-bond donors (Lipinski definition) is 2. The predicted molar refractivity (Wildman–Crippen MR) is 70.6 cm³/mol. The third-order valence-electron chi connectivity index (χ3n) is 3.71.